The number of hydrogen-bond donors (Lipinski definition) is 0. The molecule has 0 aliphatic carbocycles. The van der Waals surface area contributed by atoms with Gasteiger partial charge in [0, 0.05) is 0 Å². The van der Waals surface area contributed by atoms with Crippen molar-refractivity contribution in [3.05, 3.63) is 0 Å². The van der Waals surface area contributed by atoms with Crippen LogP contribution in [0.5, 0.6) is 0 Å². The molecule has 4 heteroatoms. The van der Waals surface area contributed by atoms with Gasteiger partial charge in [-0.05, 0) is 38.5 Å². The van der Waals surface area contributed by atoms with E-state index >= 15 is 0 Å². The third-order valence-electron chi connectivity index (χ3n) is 5.25. The van der Waals surface area contributed by atoms with Gasteiger partial charge in [0.15, 0.2) is 0 Å². The van der Waals surface area contributed by atoms with Crippen LogP contribution in [0.25, 0.3) is 0 Å². The van der Waals surface area contributed by atoms with Gasteiger partial charge in [-0.2, -0.15) is 0 Å². The summed E-state index contributed by atoms with van der Waals surface area (Å²) in [6.45, 7) is 21.2. The molecular weight excluding hydrogens is 366 g/mol. The minimum absolute atomic E-state index is 0. The van der Waals surface area contributed by atoms with E-state index in [1.54, 1.807) is 5.96 Å². The number of hydrogen-bond acceptors (Lipinski definition) is 0. The maximum Gasteiger partial charge on any atom is 0.350 e. The highest BCUT2D eigenvalue weighted by Gasteiger charge is 2.28. The summed E-state index contributed by atoms with van der Waals surface area (Å²) in [5, 5.41) is 0. The zero-order valence-corrected chi connectivity index (χ0v) is 21.0. The Balaban J connectivity index is 0. The topological polar surface area (TPSA) is 9.49 Å². The average Bonchev–Trinajstić information content (AvgIpc) is 2.68. The Labute approximate surface area is 184 Å². The van der Waals surface area contributed by atoms with Crippen LogP contribution in [0.15, 0.2) is 0 Å². The van der Waals surface area contributed by atoms with Gasteiger partial charge < -0.3 is 12.4 Å². The maximum atomic E-state index is 2.75. The molecule has 0 aromatic heterocycles. The largest absolute Gasteiger partial charge is 1.00 e. The molecule has 0 amide bonds. The minimum atomic E-state index is 0. The molecule has 0 heterocycles. The highest BCUT2D eigenvalue weighted by atomic mass is 35.5. The Kier molecular flexibility index (Phi) is 22.6. The number of guanidine groups is 1. The van der Waals surface area contributed by atoms with Gasteiger partial charge in [0.25, 0.3) is 0 Å². The first-order valence-corrected chi connectivity index (χ1v) is 12.3. The zero-order chi connectivity index (χ0) is 20.3. The van der Waals surface area contributed by atoms with Crippen LogP contribution < -0.4 is 12.4 Å². The fraction of sp³-hybridized carbons (Fsp3) is 0.958. The van der Waals surface area contributed by atoms with E-state index in [-0.39, 0.29) is 12.4 Å². The molecule has 0 N–H and O–H groups in total. The summed E-state index contributed by atoms with van der Waals surface area (Å²) in [6.07, 6.45) is 14.1. The smallest absolute Gasteiger partial charge is 0.350 e. The van der Waals surface area contributed by atoms with Crippen LogP contribution in [0.4, 0.5) is 0 Å². The van der Waals surface area contributed by atoms with Crippen molar-refractivity contribution in [3.8, 4) is 0 Å². The van der Waals surface area contributed by atoms with Crippen molar-refractivity contribution in [2.24, 2.45) is 0 Å². The lowest BCUT2D eigenvalue weighted by Gasteiger charge is -2.31. The number of nitrogens with zero attached hydrogens (tertiary/aromatic N) is 3. The van der Waals surface area contributed by atoms with Gasteiger partial charge in [-0.15, -0.1) is 0 Å². The van der Waals surface area contributed by atoms with Crippen LogP contribution in [-0.4, -0.2) is 59.6 Å². The Morgan fingerprint density at radius 1 is 0.500 bits per heavy atom. The summed E-state index contributed by atoms with van der Waals surface area (Å²) in [4.78, 5) is 5.51. The van der Waals surface area contributed by atoms with Gasteiger partial charge in [-0.3, -0.25) is 14.4 Å². The molecule has 0 aliphatic heterocycles. The Morgan fingerprint density at radius 2 is 0.857 bits per heavy atom. The fourth-order valence-electron chi connectivity index (χ4n) is 3.55. The van der Waals surface area contributed by atoms with Gasteiger partial charge in [0.05, 0.1) is 39.3 Å². The number of rotatable bonds is 17. The van der Waals surface area contributed by atoms with E-state index in [4.69, 9.17) is 0 Å². The Morgan fingerprint density at radius 3 is 1.14 bits per heavy atom. The molecule has 0 aromatic carbocycles. The molecule has 0 aromatic rings. The fourth-order valence-corrected chi connectivity index (χ4v) is 3.55. The van der Waals surface area contributed by atoms with E-state index in [1.165, 1.54) is 110 Å². The van der Waals surface area contributed by atoms with Crippen LogP contribution in [-0.2, 0) is 0 Å². The first kappa shape index (κ1) is 29.8. The molecule has 3 nitrogen and oxygen atoms in total. The molecule has 0 saturated carbocycles. The average molecular weight is 418 g/mol. The van der Waals surface area contributed by atoms with Crippen molar-refractivity contribution < 1.29 is 17.0 Å². The monoisotopic (exact) mass is 417 g/mol. The molecule has 0 unspecified atom stereocenters. The van der Waals surface area contributed by atoms with Crippen molar-refractivity contribution >= 4 is 5.96 Å². The first-order valence-electron chi connectivity index (χ1n) is 12.3. The van der Waals surface area contributed by atoms with E-state index in [1.807, 2.05) is 0 Å². The highest BCUT2D eigenvalue weighted by Crippen LogP contribution is 2.10. The molecule has 0 fully saturated rings. The van der Waals surface area contributed by atoms with Crippen molar-refractivity contribution in [2.45, 2.75) is 112 Å². The van der Waals surface area contributed by atoms with E-state index in [9.17, 15) is 0 Å². The molecule has 170 valence electrons. The molecule has 0 rings (SSSR count). The number of halogens is 1. The second-order valence-corrected chi connectivity index (χ2v) is 8.03. The van der Waals surface area contributed by atoms with Crippen LogP contribution in [0.3, 0.4) is 0 Å². The Hall–Kier alpha value is -0.440. The van der Waals surface area contributed by atoms with E-state index < -0.39 is 0 Å². The van der Waals surface area contributed by atoms with E-state index in [0.29, 0.717) is 0 Å². The number of unbranched alkanes of at least 4 members (excludes halogenated alkanes) is 5. The predicted molar refractivity (Wildman–Crippen MR) is 123 cm³/mol. The molecular formula is C24H52ClN3. The lowest BCUT2D eigenvalue weighted by molar-refractivity contribution is -0.538. The third-order valence-corrected chi connectivity index (χ3v) is 5.25. The maximum absolute atomic E-state index is 2.75. The summed E-state index contributed by atoms with van der Waals surface area (Å²) in [6, 6.07) is 0. The summed E-state index contributed by atoms with van der Waals surface area (Å²) in [5.41, 5.74) is 0. The Bertz CT molecular complexity index is 320. The van der Waals surface area contributed by atoms with Crippen molar-refractivity contribution in [1.82, 2.24) is 9.80 Å². The lowest BCUT2D eigenvalue weighted by atomic mass is 10.2. The van der Waals surface area contributed by atoms with Gasteiger partial charge >= 0.3 is 5.96 Å². The zero-order valence-electron chi connectivity index (χ0n) is 20.2. The summed E-state index contributed by atoms with van der Waals surface area (Å²) < 4.78 is 2.74. The highest BCUT2D eigenvalue weighted by molar-refractivity contribution is 5.75. The quantitative estimate of drug-likeness (QED) is 0.204. The van der Waals surface area contributed by atoms with Gasteiger partial charge in [-0.1, -0.05) is 73.6 Å². The SMILES string of the molecule is CCCCN(CCCC)C(N(CCCC)CCCC)=[N+](CCC)CCCC.[Cl-]. The van der Waals surface area contributed by atoms with E-state index in [2.05, 4.69) is 55.9 Å². The second-order valence-electron chi connectivity index (χ2n) is 8.03. The first-order chi connectivity index (χ1) is 13.2. The second kappa shape index (κ2) is 21.3. The van der Waals surface area contributed by atoms with Crippen LogP contribution >= 0.6 is 0 Å². The van der Waals surface area contributed by atoms with Gasteiger partial charge in [0.1, 0.15) is 0 Å². The van der Waals surface area contributed by atoms with Crippen molar-refractivity contribution in [2.75, 3.05) is 39.3 Å². The van der Waals surface area contributed by atoms with Crippen LogP contribution in [0.1, 0.15) is 112 Å². The molecule has 28 heavy (non-hydrogen) atoms. The molecule has 0 atom stereocenters. The molecule has 0 spiro atoms. The molecule has 0 aliphatic rings. The van der Waals surface area contributed by atoms with Gasteiger partial charge in [-0.25, -0.2) is 0 Å². The third kappa shape index (κ3) is 12.9. The molecule has 0 bridgehead atoms. The predicted octanol–water partition coefficient (Wildman–Crippen LogP) is 3.37. The van der Waals surface area contributed by atoms with Crippen molar-refractivity contribution in [3.63, 3.8) is 0 Å². The minimum Gasteiger partial charge on any atom is -1.00 e. The normalized spacial score (nSPS) is 10.5. The standard InChI is InChI=1S/C24H52N3.ClH/c1-7-13-19-25(18-12-6)24(26(20-14-8-2)21-15-9-3)27(22-16-10-4)23-17-11-5;/h7-23H2,1-6H3;1H/q+1;/p-1. The summed E-state index contributed by atoms with van der Waals surface area (Å²) in [7, 11) is 0. The van der Waals surface area contributed by atoms with E-state index in [0.717, 1.165) is 0 Å². The summed E-state index contributed by atoms with van der Waals surface area (Å²) >= 11 is 0. The van der Waals surface area contributed by atoms with Crippen LogP contribution in [0.2, 0.25) is 0 Å². The van der Waals surface area contributed by atoms with Crippen molar-refractivity contribution in [1.29, 1.82) is 0 Å². The van der Waals surface area contributed by atoms with Crippen LogP contribution in [0, 0.1) is 0 Å². The molecule has 0 saturated heterocycles. The molecule has 0 radical (unpaired) electrons. The summed E-state index contributed by atoms with van der Waals surface area (Å²) in [5.74, 6) is 1.56. The lowest BCUT2D eigenvalue weighted by Crippen LogP contribution is -3.00. The van der Waals surface area contributed by atoms with Gasteiger partial charge in [0.2, 0.25) is 0 Å².